The standard InChI is InChI=1S/C33H27F2N5O5S2/c1-18-31(19(2)44-38-18)21-9-14-28-26(15-21)36-32(29-5-4-6-30(41)39(29)22-10-13-24(34)25(35)16-22)40(28)33-37-27(17-46-33)20-7-11-23(12-8-20)45-47(3,42)43/h7-17,29H,4-6H2,1-3H3. The number of halogens is 2. The first-order valence-electron chi connectivity index (χ1n) is 14.7. The van der Waals surface area contributed by atoms with Gasteiger partial charge in [0.15, 0.2) is 16.8 Å². The third kappa shape index (κ3) is 5.78. The van der Waals surface area contributed by atoms with Crippen LogP contribution in [-0.2, 0) is 14.9 Å². The smallest absolute Gasteiger partial charge is 0.306 e. The average Bonchev–Trinajstić information content (AvgIpc) is 3.74. The van der Waals surface area contributed by atoms with Gasteiger partial charge in [0.05, 0.1) is 34.7 Å². The normalized spacial score (nSPS) is 15.5. The zero-order valence-corrected chi connectivity index (χ0v) is 27.0. The van der Waals surface area contributed by atoms with Gasteiger partial charge in [-0.25, -0.2) is 18.7 Å². The highest BCUT2D eigenvalue weighted by Crippen LogP contribution is 2.40. The fraction of sp³-hybridized carbons (Fsp3) is 0.212. The van der Waals surface area contributed by atoms with Crippen LogP contribution in [0.5, 0.6) is 5.75 Å². The molecule has 10 nitrogen and oxygen atoms in total. The van der Waals surface area contributed by atoms with Crippen molar-refractivity contribution in [1.29, 1.82) is 0 Å². The number of nitrogens with zero attached hydrogens (tertiary/aromatic N) is 5. The highest BCUT2D eigenvalue weighted by molar-refractivity contribution is 7.86. The number of aryl methyl sites for hydroxylation is 2. The Balaban J connectivity index is 1.37. The number of piperidine rings is 1. The van der Waals surface area contributed by atoms with E-state index in [0.717, 1.165) is 46.3 Å². The molecule has 0 saturated carbocycles. The first-order valence-corrected chi connectivity index (χ1v) is 17.3. The van der Waals surface area contributed by atoms with E-state index in [0.29, 0.717) is 40.8 Å². The minimum atomic E-state index is -3.67. The predicted octanol–water partition coefficient (Wildman–Crippen LogP) is 7.30. The molecule has 4 heterocycles. The first-order chi connectivity index (χ1) is 22.5. The van der Waals surface area contributed by atoms with Crippen molar-refractivity contribution in [3.05, 3.63) is 95.0 Å². The number of carbonyl (C=O) groups excluding carboxylic acids is 1. The Morgan fingerprint density at radius 1 is 0.979 bits per heavy atom. The summed E-state index contributed by atoms with van der Waals surface area (Å²) in [6, 6.07) is 15.2. The predicted molar refractivity (Wildman–Crippen MR) is 173 cm³/mol. The lowest BCUT2D eigenvalue weighted by molar-refractivity contribution is -0.120. The summed E-state index contributed by atoms with van der Waals surface area (Å²) < 4.78 is 63.7. The molecule has 6 aromatic rings. The number of fused-ring (bicyclic) bond motifs is 1. The van der Waals surface area contributed by atoms with Crippen LogP contribution in [0.15, 0.2) is 70.6 Å². The molecule has 1 fully saturated rings. The molecule has 3 aromatic carbocycles. The van der Waals surface area contributed by atoms with Crippen molar-refractivity contribution in [3.63, 3.8) is 0 Å². The Kier molecular flexibility index (Phi) is 7.63. The maximum atomic E-state index is 14.4. The summed E-state index contributed by atoms with van der Waals surface area (Å²) in [5, 5.41) is 6.53. The van der Waals surface area contributed by atoms with Crippen LogP contribution >= 0.6 is 11.3 Å². The van der Waals surface area contributed by atoms with Crippen molar-refractivity contribution in [1.82, 2.24) is 19.7 Å². The number of rotatable bonds is 7. The largest absolute Gasteiger partial charge is 0.383 e. The van der Waals surface area contributed by atoms with Crippen LogP contribution in [0.3, 0.4) is 0 Å². The van der Waals surface area contributed by atoms with E-state index in [4.69, 9.17) is 18.7 Å². The molecule has 47 heavy (non-hydrogen) atoms. The highest BCUT2D eigenvalue weighted by Gasteiger charge is 2.35. The van der Waals surface area contributed by atoms with Crippen LogP contribution in [-0.4, -0.2) is 40.3 Å². The van der Waals surface area contributed by atoms with E-state index in [1.165, 1.54) is 22.3 Å². The minimum absolute atomic E-state index is 0.183. The number of aromatic nitrogens is 4. The number of benzene rings is 3. The quantitative estimate of drug-likeness (QED) is 0.162. The van der Waals surface area contributed by atoms with E-state index < -0.39 is 27.8 Å². The summed E-state index contributed by atoms with van der Waals surface area (Å²) in [4.78, 5) is 24.9. The zero-order chi connectivity index (χ0) is 33.0. The molecule has 1 saturated heterocycles. The van der Waals surface area contributed by atoms with Gasteiger partial charge in [-0.05, 0) is 80.8 Å². The first kappa shape index (κ1) is 30.7. The van der Waals surface area contributed by atoms with Crippen molar-refractivity contribution in [2.24, 2.45) is 0 Å². The Hall–Kier alpha value is -4.95. The second-order valence-corrected chi connectivity index (χ2v) is 13.7. The molecule has 7 rings (SSSR count). The van der Waals surface area contributed by atoms with Gasteiger partial charge in [-0.3, -0.25) is 9.36 Å². The summed E-state index contributed by atoms with van der Waals surface area (Å²) in [6.45, 7) is 3.71. The second-order valence-electron chi connectivity index (χ2n) is 11.3. The lowest BCUT2D eigenvalue weighted by Gasteiger charge is -2.35. The van der Waals surface area contributed by atoms with Gasteiger partial charge in [0.1, 0.15) is 17.3 Å². The van der Waals surface area contributed by atoms with Crippen LogP contribution in [0.1, 0.15) is 42.6 Å². The van der Waals surface area contributed by atoms with E-state index in [-0.39, 0.29) is 23.8 Å². The number of carbonyl (C=O) groups is 1. The van der Waals surface area contributed by atoms with Gasteiger partial charge in [0.2, 0.25) is 5.91 Å². The van der Waals surface area contributed by atoms with Crippen LogP contribution in [0.2, 0.25) is 0 Å². The molecule has 1 aliphatic rings. The molecule has 1 atom stereocenters. The fourth-order valence-electron chi connectivity index (χ4n) is 6.00. The van der Waals surface area contributed by atoms with Gasteiger partial charge in [-0.15, -0.1) is 11.3 Å². The van der Waals surface area contributed by atoms with E-state index >= 15 is 0 Å². The summed E-state index contributed by atoms with van der Waals surface area (Å²) in [5.41, 5.74) is 5.43. The topological polar surface area (TPSA) is 120 Å². The molecule has 0 radical (unpaired) electrons. The van der Waals surface area contributed by atoms with Crippen LogP contribution in [0, 0.1) is 25.5 Å². The molecule has 3 aromatic heterocycles. The molecular formula is C33H27F2N5O5S2. The molecule has 240 valence electrons. The van der Waals surface area contributed by atoms with Gasteiger partial charge < -0.3 is 13.6 Å². The number of amides is 1. The molecule has 0 bridgehead atoms. The lowest BCUT2D eigenvalue weighted by Crippen LogP contribution is -2.39. The van der Waals surface area contributed by atoms with E-state index in [1.54, 1.807) is 24.3 Å². The zero-order valence-electron chi connectivity index (χ0n) is 25.4. The highest BCUT2D eigenvalue weighted by atomic mass is 32.2. The van der Waals surface area contributed by atoms with Gasteiger partial charge in [0, 0.05) is 34.7 Å². The molecular weight excluding hydrogens is 649 g/mol. The summed E-state index contributed by atoms with van der Waals surface area (Å²) in [7, 11) is -3.67. The molecule has 0 aliphatic carbocycles. The van der Waals surface area contributed by atoms with Crippen LogP contribution < -0.4 is 9.08 Å². The van der Waals surface area contributed by atoms with Crippen LogP contribution in [0.25, 0.3) is 38.5 Å². The maximum absolute atomic E-state index is 14.4. The number of thiazole rings is 1. The van der Waals surface area contributed by atoms with Gasteiger partial charge >= 0.3 is 10.1 Å². The minimum Gasteiger partial charge on any atom is -0.383 e. The number of hydrogen-bond acceptors (Lipinski definition) is 9. The Morgan fingerprint density at radius 2 is 1.74 bits per heavy atom. The monoisotopic (exact) mass is 675 g/mol. The van der Waals surface area contributed by atoms with Gasteiger partial charge in [-0.1, -0.05) is 11.2 Å². The third-order valence-corrected chi connectivity index (χ3v) is 9.33. The Morgan fingerprint density at radius 3 is 2.45 bits per heavy atom. The average molecular weight is 676 g/mol. The molecule has 1 amide bonds. The summed E-state index contributed by atoms with van der Waals surface area (Å²) in [6.07, 6.45) is 2.35. The number of anilines is 1. The van der Waals surface area contributed by atoms with Gasteiger partial charge in [-0.2, -0.15) is 8.42 Å². The maximum Gasteiger partial charge on any atom is 0.306 e. The molecule has 0 spiro atoms. The second kappa shape index (κ2) is 11.7. The third-order valence-electron chi connectivity index (χ3n) is 8.01. The van der Waals surface area contributed by atoms with E-state index in [2.05, 4.69) is 5.16 Å². The number of hydrogen-bond donors (Lipinski definition) is 0. The van der Waals surface area contributed by atoms with Crippen molar-refractivity contribution >= 4 is 44.1 Å². The molecule has 0 N–H and O–H groups in total. The van der Waals surface area contributed by atoms with E-state index in [9.17, 15) is 22.0 Å². The van der Waals surface area contributed by atoms with Crippen LogP contribution in [0.4, 0.5) is 14.5 Å². The van der Waals surface area contributed by atoms with E-state index in [1.807, 2.05) is 42.0 Å². The lowest BCUT2D eigenvalue weighted by atomic mass is 9.99. The number of imidazole rings is 1. The summed E-state index contributed by atoms with van der Waals surface area (Å²) >= 11 is 1.37. The van der Waals surface area contributed by atoms with Crippen molar-refractivity contribution in [3.8, 4) is 33.3 Å². The van der Waals surface area contributed by atoms with Crippen molar-refractivity contribution in [2.75, 3.05) is 11.2 Å². The molecule has 1 aliphatic heterocycles. The Bertz CT molecular complexity index is 2260. The summed E-state index contributed by atoms with van der Waals surface area (Å²) in [5.74, 6) is -0.899. The molecule has 1 unspecified atom stereocenters. The Labute approximate surface area is 272 Å². The van der Waals surface area contributed by atoms with Crippen molar-refractivity contribution in [2.45, 2.75) is 39.2 Å². The fourth-order valence-corrected chi connectivity index (χ4v) is 7.32. The molecule has 14 heteroatoms. The van der Waals surface area contributed by atoms with Crippen molar-refractivity contribution < 1.29 is 30.7 Å². The van der Waals surface area contributed by atoms with Gasteiger partial charge in [0.25, 0.3) is 0 Å². The SMILES string of the molecule is Cc1noc(C)c1-c1ccc2c(c1)nc(C1CCCC(=O)N1c1ccc(F)c(F)c1)n2-c1nc(-c2ccc(OS(C)(=O)=O)cc2)cs1.